The van der Waals surface area contributed by atoms with Gasteiger partial charge in [-0.25, -0.2) is 0 Å². The lowest BCUT2D eigenvalue weighted by Crippen LogP contribution is -2.04. The first-order valence-corrected chi connectivity index (χ1v) is 6.14. The van der Waals surface area contributed by atoms with Crippen molar-refractivity contribution in [2.24, 2.45) is 0 Å². The molecule has 0 saturated carbocycles. The second-order valence-electron chi connectivity index (χ2n) is 3.43. The number of nitrogens with zero attached hydrogens (tertiary/aromatic N) is 2. The molecule has 0 aliphatic heterocycles. The molecule has 0 atom stereocenters. The van der Waals surface area contributed by atoms with E-state index in [2.05, 4.69) is 22.4 Å². The molecule has 0 amide bonds. The summed E-state index contributed by atoms with van der Waals surface area (Å²) in [5, 5.41) is 13.6. The van der Waals surface area contributed by atoms with Crippen LogP contribution in [0.1, 0.15) is 42.6 Å². The molecule has 0 aromatic carbocycles. The zero-order valence-electron chi connectivity index (χ0n) is 9.05. The molecule has 0 unspecified atom stereocenters. The lowest BCUT2D eigenvalue weighted by molar-refractivity contribution is 0.662. The van der Waals surface area contributed by atoms with Crippen molar-refractivity contribution < 1.29 is 0 Å². The van der Waals surface area contributed by atoms with Crippen molar-refractivity contribution in [1.82, 2.24) is 15.5 Å². The standard InChI is InChI=1S/C10H19N3S/c1-3-4-5-6-7-9-12-13-10(14-9)8-11-2/h11H,3-8H2,1-2H3. The maximum absolute atomic E-state index is 4.16. The van der Waals surface area contributed by atoms with E-state index in [-0.39, 0.29) is 0 Å². The number of nitrogens with one attached hydrogen (secondary N) is 1. The highest BCUT2D eigenvalue weighted by Crippen LogP contribution is 2.13. The van der Waals surface area contributed by atoms with Crippen LogP contribution in [0.5, 0.6) is 0 Å². The van der Waals surface area contributed by atoms with Crippen LogP contribution in [-0.2, 0) is 13.0 Å². The topological polar surface area (TPSA) is 37.8 Å². The Kier molecular flexibility index (Phi) is 5.71. The van der Waals surface area contributed by atoms with Crippen molar-refractivity contribution in [1.29, 1.82) is 0 Å². The monoisotopic (exact) mass is 213 g/mol. The molecular formula is C10H19N3S. The minimum Gasteiger partial charge on any atom is -0.313 e. The maximum atomic E-state index is 4.16. The molecule has 0 spiro atoms. The van der Waals surface area contributed by atoms with Gasteiger partial charge in [0.05, 0.1) is 0 Å². The van der Waals surface area contributed by atoms with Crippen LogP contribution in [0.15, 0.2) is 0 Å². The first kappa shape index (κ1) is 11.6. The molecule has 1 aromatic rings. The molecular weight excluding hydrogens is 194 g/mol. The smallest absolute Gasteiger partial charge is 0.131 e. The third-order valence-electron chi connectivity index (χ3n) is 2.08. The van der Waals surface area contributed by atoms with Crippen LogP contribution in [0.2, 0.25) is 0 Å². The van der Waals surface area contributed by atoms with Crippen molar-refractivity contribution in [2.45, 2.75) is 45.6 Å². The molecule has 0 radical (unpaired) electrons. The van der Waals surface area contributed by atoms with E-state index in [1.54, 1.807) is 11.3 Å². The number of aryl methyl sites for hydroxylation is 1. The quantitative estimate of drug-likeness (QED) is 0.707. The Bertz CT molecular complexity index is 247. The molecule has 1 rings (SSSR count). The molecule has 1 N–H and O–H groups in total. The van der Waals surface area contributed by atoms with Gasteiger partial charge in [-0.3, -0.25) is 0 Å². The summed E-state index contributed by atoms with van der Waals surface area (Å²) < 4.78 is 0. The normalized spacial score (nSPS) is 10.7. The van der Waals surface area contributed by atoms with Crippen LogP contribution >= 0.6 is 11.3 Å². The average Bonchev–Trinajstić information content (AvgIpc) is 2.61. The van der Waals surface area contributed by atoms with Crippen LogP contribution in [0.4, 0.5) is 0 Å². The minimum absolute atomic E-state index is 0.840. The van der Waals surface area contributed by atoms with Gasteiger partial charge in [-0.05, 0) is 13.5 Å². The second-order valence-corrected chi connectivity index (χ2v) is 4.58. The summed E-state index contributed by atoms with van der Waals surface area (Å²) in [6, 6.07) is 0. The fraction of sp³-hybridized carbons (Fsp3) is 0.800. The number of hydrogen-bond donors (Lipinski definition) is 1. The molecule has 0 aliphatic rings. The van der Waals surface area contributed by atoms with Gasteiger partial charge in [-0.1, -0.05) is 26.2 Å². The van der Waals surface area contributed by atoms with Crippen molar-refractivity contribution >= 4 is 11.3 Å². The average molecular weight is 213 g/mol. The third-order valence-corrected chi connectivity index (χ3v) is 3.06. The molecule has 4 heteroatoms. The third kappa shape index (κ3) is 4.15. The van der Waals surface area contributed by atoms with E-state index in [4.69, 9.17) is 0 Å². The highest BCUT2D eigenvalue weighted by Gasteiger charge is 2.02. The SMILES string of the molecule is CCCCCCc1nnc(CNC)s1. The number of aromatic nitrogens is 2. The Hall–Kier alpha value is -0.480. The van der Waals surface area contributed by atoms with Crippen LogP contribution in [-0.4, -0.2) is 17.2 Å². The van der Waals surface area contributed by atoms with Gasteiger partial charge in [-0.15, -0.1) is 21.5 Å². The molecule has 1 aromatic heterocycles. The van der Waals surface area contributed by atoms with Gasteiger partial charge in [0.1, 0.15) is 10.0 Å². The predicted molar refractivity (Wildman–Crippen MR) is 60.5 cm³/mol. The summed E-state index contributed by atoms with van der Waals surface area (Å²) in [6.07, 6.45) is 6.30. The highest BCUT2D eigenvalue weighted by molar-refractivity contribution is 7.11. The fourth-order valence-corrected chi connectivity index (χ4v) is 2.21. The van der Waals surface area contributed by atoms with Gasteiger partial charge in [0.2, 0.25) is 0 Å². The van der Waals surface area contributed by atoms with E-state index < -0.39 is 0 Å². The van der Waals surface area contributed by atoms with Crippen LogP contribution in [0, 0.1) is 0 Å². The van der Waals surface area contributed by atoms with Crippen LogP contribution < -0.4 is 5.32 Å². The van der Waals surface area contributed by atoms with E-state index in [9.17, 15) is 0 Å². The number of rotatable bonds is 7. The Morgan fingerprint density at radius 2 is 1.93 bits per heavy atom. The Morgan fingerprint density at radius 1 is 1.14 bits per heavy atom. The van der Waals surface area contributed by atoms with Gasteiger partial charge >= 0.3 is 0 Å². The van der Waals surface area contributed by atoms with Crippen LogP contribution in [0.3, 0.4) is 0 Å². The summed E-state index contributed by atoms with van der Waals surface area (Å²) in [7, 11) is 1.93. The molecule has 0 aliphatic carbocycles. The molecule has 0 saturated heterocycles. The minimum atomic E-state index is 0.840. The lowest BCUT2D eigenvalue weighted by Gasteiger charge is -1.94. The molecule has 80 valence electrons. The zero-order chi connectivity index (χ0) is 10.2. The van der Waals surface area contributed by atoms with E-state index in [0.717, 1.165) is 18.0 Å². The summed E-state index contributed by atoms with van der Waals surface area (Å²) in [6.45, 7) is 3.07. The predicted octanol–water partition coefficient (Wildman–Crippen LogP) is 2.38. The summed E-state index contributed by atoms with van der Waals surface area (Å²) in [5.74, 6) is 0. The van der Waals surface area contributed by atoms with Crippen molar-refractivity contribution in [3.05, 3.63) is 10.0 Å². The Balaban J connectivity index is 2.22. The number of hydrogen-bond acceptors (Lipinski definition) is 4. The highest BCUT2D eigenvalue weighted by atomic mass is 32.1. The lowest BCUT2D eigenvalue weighted by atomic mass is 10.2. The fourth-order valence-electron chi connectivity index (χ4n) is 1.32. The van der Waals surface area contributed by atoms with Crippen molar-refractivity contribution in [3.8, 4) is 0 Å². The van der Waals surface area contributed by atoms with Gasteiger partial charge < -0.3 is 5.32 Å². The maximum Gasteiger partial charge on any atom is 0.131 e. The molecule has 0 bridgehead atoms. The van der Waals surface area contributed by atoms with Gasteiger partial charge in [0, 0.05) is 13.0 Å². The molecule has 14 heavy (non-hydrogen) atoms. The largest absolute Gasteiger partial charge is 0.313 e. The first-order chi connectivity index (χ1) is 6.86. The van der Waals surface area contributed by atoms with Crippen molar-refractivity contribution in [2.75, 3.05) is 7.05 Å². The molecule has 1 heterocycles. The summed E-state index contributed by atoms with van der Waals surface area (Å²) in [4.78, 5) is 0. The van der Waals surface area contributed by atoms with E-state index >= 15 is 0 Å². The van der Waals surface area contributed by atoms with Gasteiger partial charge in [-0.2, -0.15) is 0 Å². The zero-order valence-corrected chi connectivity index (χ0v) is 9.86. The molecule has 3 nitrogen and oxygen atoms in total. The van der Waals surface area contributed by atoms with Crippen LogP contribution in [0.25, 0.3) is 0 Å². The van der Waals surface area contributed by atoms with E-state index in [1.165, 1.54) is 30.7 Å². The van der Waals surface area contributed by atoms with Gasteiger partial charge in [0.15, 0.2) is 0 Å². The number of unbranched alkanes of at least 4 members (excludes halogenated alkanes) is 3. The van der Waals surface area contributed by atoms with Crippen molar-refractivity contribution in [3.63, 3.8) is 0 Å². The Labute approximate surface area is 89.9 Å². The first-order valence-electron chi connectivity index (χ1n) is 5.32. The Morgan fingerprint density at radius 3 is 2.64 bits per heavy atom. The summed E-state index contributed by atoms with van der Waals surface area (Å²) in [5.41, 5.74) is 0. The molecule has 0 fully saturated rings. The van der Waals surface area contributed by atoms with E-state index in [1.807, 2.05) is 7.05 Å². The second kappa shape index (κ2) is 6.90. The van der Waals surface area contributed by atoms with E-state index in [0.29, 0.717) is 0 Å². The summed E-state index contributed by atoms with van der Waals surface area (Å²) >= 11 is 1.73. The van der Waals surface area contributed by atoms with Gasteiger partial charge in [0.25, 0.3) is 0 Å².